The summed E-state index contributed by atoms with van der Waals surface area (Å²) in [5.74, 6) is 0.0549. The highest BCUT2D eigenvalue weighted by atomic mass is 79.9. The van der Waals surface area contributed by atoms with Crippen LogP contribution < -0.4 is 5.73 Å². The summed E-state index contributed by atoms with van der Waals surface area (Å²) >= 11 is 3.41. The van der Waals surface area contributed by atoms with Crippen LogP contribution in [0.5, 0.6) is 0 Å². The fourth-order valence-electron chi connectivity index (χ4n) is 3.30. The Labute approximate surface area is 139 Å². The normalized spacial score (nSPS) is 21.1. The summed E-state index contributed by atoms with van der Waals surface area (Å²) in [6, 6.07) is 17.7. The minimum Gasteiger partial charge on any atom is -0.328 e. The lowest BCUT2D eigenvalue weighted by Gasteiger charge is -2.38. The Morgan fingerprint density at radius 1 is 1.14 bits per heavy atom. The summed E-state index contributed by atoms with van der Waals surface area (Å²) in [7, 11) is 0. The summed E-state index contributed by atoms with van der Waals surface area (Å²) in [6.45, 7) is 1.19. The number of hydrogen-bond donors (Lipinski definition) is 1. The monoisotopic (exact) mass is 358 g/mol. The number of nitrogens with two attached hydrogens (primary N) is 1. The van der Waals surface area contributed by atoms with Gasteiger partial charge in [0.15, 0.2) is 0 Å². The first-order valence-corrected chi connectivity index (χ1v) is 8.30. The van der Waals surface area contributed by atoms with Gasteiger partial charge in [0.2, 0.25) is 0 Å². The third-order valence-electron chi connectivity index (χ3n) is 4.47. The van der Waals surface area contributed by atoms with Gasteiger partial charge in [0, 0.05) is 23.1 Å². The molecule has 0 radical (unpaired) electrons. The molecule has 114 valence electrons. The molecular formula is C18H19BrN2O. The van der Waals surface area contributed by atoms with Crippen LogP contribution in [-0.2, 0) is 5.54 Å². The smallest absolute Gasteiger partial charge is 0.254 e. The minimum atomic E-state index is -0.384. The third kappa shape index (κ3) is 2.57. The molecule has 2 aromatic rings. The van der Waals surface area contributed by atoms with Crippen molar-refractivity contribution >= 4 is 21.8 Å². The second kappa shape index (κ2) is 6.23. The number of amides is 1. The van der Waals surface area contributed by atoms with E-state index in [0.29, 0.717) is 12.1 Å². The lowest BCUT2D eigenvalue weighted by molar-refractivity contribution is 0.0600. The van der Waals surface area contributed by atoms with Gasteiger partial charge in [-0.1, -0.05) is 46.3 Å². The van der Waals surface area contributed by atoms with Gasteiger partial charge in [-0.25, -0.2) is 0 Å². The predicted molar refractivity (Wildman–Crippen MR) is 91.6 cm³/mol. The summed E-state index contributed by atoms with van der Waals surface area (Å²) in [5, 5.41) is 0. The van der Waals surface area contributed by atoms with Crippen LogP contribution in [0.1, 0.15) is 28.8 Å². The summed E-state index contributed by atoms with van der Waals surface area (Å²) < 4.78 is 0.971. The molecule has 1 atom stereocenters. The molecule has 4 heteroatoms. The van der Waals surface area contributed by atoms with Gasteiger partial charge in [0.1, 0.15) is 0 Å². The Morgan fingerprint density at radius 3 is 2.45 bits per heavy atom. The van der Waals surface area contributed by atoms with E-state index >= 15 is 0 Å². The first kappa shape index (κ1) is 15.3. The average Bonchev–Trinajstić information content (AvgIpc) is 3.01. The summed E-state index contributed by atoms with van der Waals surface area (Å²) in [4.78, 5) is 14.9. The number of carbonyl (C=O) groups is 1. The molecule has 1 aliphatic rings. The van der Waals surface area contributed by atoms with Gasteiger partial charge in [0.25, 0.3) is 5.91 Å². The third-order valence-corrected chi connectivity index (χ3v) is 5.00. The second-order valence-corrected chi connectivity index (χ2v) is 6.58. The van der Waals surface area contributed by atoms with Gasteiger partial charge in [-0.05, 0) is 42.7 Å². The van der Waals surface area contributed by atoms with E-state index in [0.717, 1.165) is 29.4 Å². The van der Waals surface area contributed by atoms with Crippen LogP contribution in [0.15, 0.2) is 59.1 Å². The highest BCUT2D eigenvalue weighted by molar-refractivity contribution is 9.10. The number of likely N-dealkylation sites (tertiary alicyclic amines) is 1. The van der Waals surface area contributed by atoms with Crippen LogP contribution >= 0.6 is 15.9 Å². The van der Waals surface area contributed by atoms with Crippen LogP contribution in [0.2, 0.25) is 0 Å². The van der Waals surface area contributed by atoms with Crippen LogP contribution in [0, 0.1) is 0 Å². The minimum absolute atomic E-state index is 0.0549. The zero-order chi connectivity index (χ0) is 15.6. The van der Waals surface area contributed by atoms with Crippen LogP contribution in [-0.4, -0.2) is 23.9 Å². The molecule has 3 rings (SSSR count). The van der Waals surface area contributed by atoms with Crippen molar-refractivity contribution in [1.29, 1.82) is 0 Å². The van der Waals surface area contributed by atoms with E-state index in [4.69, 9.17) is 5.73 Å². The Kier molecular flexibility index (Phi) is 4.32. The molecule has 3 nitrogen and oxygen atoms in total. The van der Waals surface area contributed by atoms with Crippen LogP contribution in [0.4, 0.5) is 0 Å². The highest BCUT2D eigenvalue weighted by Gasteiger charge is 2.44. The highest BCUT2D eigenvalue weighted by Crippen LogP contribution is 2.39. The maximum absolute atomic E-state index is 13.0. The van der Waals surface area contributed by atoms with Gasteiger partial charge < -0.3 is 10.6 Å². The first-order chi connectivity index (χ1) is 10.7. The lowest BCUT2D eigenvalue weighted by Crippen LogP contribution is -2.49. The standard InChI is InChI=1S/C18H19BrN2O/c19-16-9-7-14(8-10-16)17(22)21-12-4-11-18(21,13-20)15-5-2-1-3-6-15/h1-3,5-10H,4,11-13,20H2. The fourth-order valence-corrected chi connectivity index (χ4v) is 3.57. The zero-order valence-electron chi connectivity index (χ0n) is 12.3. The molecule has 0 spiro atoms. The fraction of sp³-hybridized carbons (Fsp3) is 0.278. The number of rotatable bonds is 3. The number of nitrogens with zero attached hydrogens (tertiary/aromatic N) is 1. The molecule has 0 aromatic heterocycles. The van der Waals surface area contributed by atoms with Crippen molar-refractivity contribution in [1.82, 2.24) is 4.90 Å². The number of halogens is 1. The number of benzene rings is 2. The number of hydrogen-bond acceptors (Lipinski definition) is 2. The van der Waals surface area contributed by atoms with Gasteiger partial charge >= 0.3 is 0 Å². The molecule has 1 saturated heterocycles. The molecule has 0 aliphatic carbocycles. The molecule has 1 fully saturated rings. The quantitative estimate of drug-likeness (QED) is 0.911. The van der Waals surface area contributed by atoms with Gasteiger partial charge in [-0.2, -0.15) is 0 Å². The topological polar surface area (TPSA) is 46.3 Å². The summed E-state index contributed by atoms with van der Waals surface area (Å²) in [6.07, 6.45) is 1.89. The van der Waals surface area contributed by atoms with Crippen molar-refractivity contribution in [2.75, 3.05) is 13.1 Å². The van der Waals surface area contributed by atoms with E-state index in [1.54, 1.807) is 0 Å². The van der Waals surface area contributed by atoms with Crippen molar-refractivity contribution in [3.05, 3.63) is 70.2 Å². The molecule has 2 N–H and O–H groups in total. The molecule has 1 heterocycles. The molecule has 0 bridgehead atoms. The Balaban J connectivity index is 1.98. The Bertz CT molecular complexity index is 657. The molecular weight excluding hydrogens is 340 g/mol. The van der Waals surface area contributed by atoms with Gasteiger partial charge in [-0.3, -0.25) is 4.79 Å². The Morgan fingerprint density at radius 2 is 1.82 bits per heavy atom. The van der Waals surface area contributed by atoms with E-state index in [1.165, 1.54) is 0 Å². The molecule has 22 heavy (non-hydrogen) atoms. The first-order valence-electron chi connectivity index (χ1n) is 7.50. The number of carbonyl (C=O) groups excluding carboxylic acids is 1. The van der Waals surface area contributed by atoms with Crippen molar-refractivity contribution < 1.29 is 4.79 Å². The van der Waals surface area contributed by atoms with Crippen LogP contribution in [0.25, 0.3) is 0 Å². The zero-order valence-corrected chi connectivity index (χ0v) is 13.9. The molecule has 0 saturated carbocycles. The van der Waals surface area contributed by atoms with E-state index in [1.807, 2.05) is 47.4 Å². The maximum atomic E-state index is 13.0. The van der Waals surface area contributed by atoms with Crippen molar-refractivity contribution in [2.24, 2.45) is 5.73 Å². The van der Waals surface area contributed by atoms with E-state index in [2.05, 4.69) is 28.1 Å². The SMILES string of the molecule is NCC1(c2ccccc2)CCCN1C(=O)c1ccc(Br)cc1. The van der Waals surface area contributed by atoms with E-state index in [9.17, 15) is 4.79 Å². The van der Waals surface area contributed by atoms with E-state index < -0.39 is 0 Å². The molecule has 2 aromatic carbocycles. The van der Waals surface area contributed by atoms with Crippen molar-refractivity contribution in [2.45, 2.75) is 18.4 Å². The average molecular weight is 359 g/mol. The van der Waals surface area contributed by atoms with Crippen LogP contribution in [0.3, 0.4) is 0 Å². The lowest BCUT2D eigenvalue weighted by atomic mass is 9.87. The summed E-state index contributed by atoms with van der Waals surface area (Å²) in [5.41, 5.74) is 7.58. The maximum Gasteiger partial charge on any atom is 0.254 e. The van der Waals surface area contributed by atoms with E-state index in [-0.39, 0.29) is 11.4 Å². The van der Waals surface area contributed by atoms with Crippen molar-refractivity contribution in [3.63, 3.8) is 0 Å². The predicted octanol–water partition coefficient (Wildman–Crippen LogP) is 3.54. The molecule has 1 aliphatic heterocycles. The van der Waals surface area contributed by atoms with Gasteiger partial charge in [0.05, 0.1) is 5.54 Å². The molecule has 1 unspecified atom stereocenters. The van der Waals surface area contributed by atoms with Gasteiger partial charge in [-0.15, -0.1) is 0 Å². The van der Waals surface area contributed by atoms with Crippen molar-refractivity contribution in [3.8, 4) is 0 Å². The molecule has 1 amide bonds. The Hall–Kier alpha value is -1.65. The largest absolute Gasteiger partial charge is 0.328 e. The second-order valence-electron chi connectivity index (χ2n) is 5.67.